The van der Waals surface area contributed by atoms with Gasteiger partial charge in [-0.2, -0.15) is 5.10 Å². The van der Waals surface area contributed by atoms with Crippen LogP contribution in [0.2, 0.25) is 5.02 Å². The smallest absolute Gasteiger partial charge is 0.257 e. The second kappa shape index (κ2) is 10.5. The molecular formula is C28H25ClF2N8OS. The highest BCUT2D eigenvalue weighted by atomic mass is 35.5. The van der Waals surface area contributed by atoms with Crippen LogP contribution in [0, 0.1) is 5.82 Å². The Labute approximate surface area is 242 Å². The first-order chi connectivity index (χ1) is 19.9. The number of amides is 1. The quantitative estimate of drug-likeness (QED) is 0.297. The second-order valence-electron chi connectivity index (χ2n) is 10.2. The Morgan fingerprint density at radius 2 is 2.02 bits per heavy atom. The third-order valence-corrected chi connectivity index (χ3v) is 8.54. The van der Waals surface area contributed by atoms with Gasteiger partial charge in [-0.3, -0.25) is 14.8 Å². The van der Waals surface area contributed by atoms with Crippen molar-refractivity contribution in [3.05, 3.63) is 76.7 Å². The van der Waals surface area contributed by atoms with Crippen LogP contribution in [0.3, 0.4) is 0 Å². The standard InChI is InChI=1S/C28H25ClF2N8OS/c29-20-9-16(1-2-23(20)37-6-3-32-4-7-37)17-10-21(31)19-14-39(36-22(19)11-17)26(27(40)35-28-33-5-8-41-28)25-24-12-18(30)13-38(24)15-34-25/h1-2,5,8-11,14-15,18,26,32H,3-4,6-7,12-13H2,(H,33,35,40)/t18-,26?/m1/s1. The number of fused-ring (bicyclic) bond motifs is 2. The highest BCUT2D eigenvalue weighted by molar-refractivity contribution is 7.13. The van der Waals surface area contributed by atoms with Crippen LogP contribution in [0.1, 0.15) is 17.4 Å². The van der Waals surface area contributed by atoms with E-state index in [0.717, 1.165) is 37.4 Å². The van der Waals surface area contributed by atoms with Crippen LogP contribution in [0.4, 0.5) is 19.6 Å². The van der Waals surface area contributed by atoms with Gasteiger partial charge in [-0.15, -0.1) is 11.3 Å². The normalized spacial score (nSPS) is 17.6. The van der Waals surface area contributed by atoms with Gasteiger partial charge in [-0.05, 0) is 35.4 Å². The molecule has 9 nitrogen and oxygen atoms in total. The molecule has 2 N–H and O–H groups in total. The van der Waals surface area contributed by atoms with Gasteiger partial charge in [0.2, 0.25) is 0 Å². The Morgan fingerprint density at radius 1 is 1.17 bits per heavy atom. The second-order valence-corrected chi connectivity index (χ2v) is 11.5. The third-order valence-electron chi connectivity index (χ3n) is 7.55. The summed E-state index contributed by atoms with van der Waals surface area (Å²) in [6.45, 7) is 3.68. The molecule has 0 spiro atoms. The lowest BCUT2D eigenvalue weighted by Gasteiger charge is -2.30. The zero-order valence-electron chi connectivity index (χ0n) is 21.7. The minimum Gasteiger partial charge on any atom is -0.368 e. The molecule has 1 saturated heterocycles. The number of thiazole rings is 1. The maximum atomic E-state index is 15.5. The van der Waals surface area contributed by atoms with Crippen molar-refractivity contribution in [2.24, 2.45) is 0 Å². The zero-order valence-corrected chi connectivity index (χ0v) is 23.3. The number of carbonyl (C=O) groups excluding carboxylic acids is 1. The van der Waals surface area contributed by atoms with Crippen molar-refractivity contribution in [3.63, 3.8) is 0 Å². The molecule has 0 saturated carbocycles. The molecular weight excluding hydrogens is 570 g/mol. The van der Waals surface area contributed by atoms with E-state index in [1.807, 2.05) is 18.2 Å². The first-order valence-electron chi connectivity index (χ1n) is 13.3. The van der Waals surface area contributed by atoms with Crippen molar-refractivity contribution in [2.75, 3.05) is 36.4 Å². The molecule has 0 aliphatic carbocycles. The van der Waals surface area contributed by atoms with Crippen molar-refractivity contribution in [3.8, 4) is 11.1 Å². The number of carbonyl (C=O) groups is 1. The third kappa shape index (κ3) is 4.85. The maximum Gasteiger partial charge on any atom is 0.257 e. The average molecular weight is 595 g/mol. The summed E-state index contributed by atoms with van der Waals surface area (Å²) in [5.41, 5.74) is 3.68. The molecule has 2 aromatic carbocycles. The highest BCUT2D eigenvalue weighted by Crippen LogP contribution is 2.35. The van der Waals surface area contributed by atoms with Crippen molar-refractivity contribution in [2.45, 2.75) is 25.2 Å². The first kappa shape index (κ1) is 26.1. The lowest BCUT2D eigenvalue weighted by atomic mass is 10.0. The van der Waals surface area contributed by atoms with E-state index in [1.54, 1.807) is 22.2 Å². The predicted molar refractivity (Wildman–Crippen MR) is 155 cm³/mol. The van der Waals surface area contributed by atoms with Crippen LogP contribution in [0.15, 0.2) is 54.4 Å². The van der Waals surface area contributed by atoms with E-state index in [2.05, 4.69) is 30.6 Å². The summed E-state index contributed by atoms with van der Waals surface area (Å²) in [6, 6.07) is 7.88. The minimum atomic E-state index is -1.06. The number of halogens is 3. The molecule has 2 aliphatic rings. The number of aromatic nitrogens is 5. The van der Waals surface area contributed by atoms with Gasteiger partial charge in [0.05, 0.1) is 40.2 Å². The first-order valence-corrected chi connectivity index (χ1v) is 14.5. The summed E-state index contributed by atoms with van der Waals surface area (Å²) >= 11 is 7.93. The largest absolute Gasteiger partial charge is 0.368 e. The van der Waals surface area contributed by atoms with E-state index < -0.39 is 23.9 Å². The molecule has 0 radical (unpaired) electrons. The van der Waals surface area contributed by atoms with Crippen LogP contribution < -0.4 is 15.5 Å². The van der Waals surface area contributed by atoms with Crippen molar-refractivity contribution < 1.29 is 13.6 Å². The van der Waals surface area contributed by atoms with Gasteiger partial charge < -0.3 is 14.8 Å². The van der Waals surface area contributed by atoms with Crippen molar-refractivity contribution in [1.82, 2.24) is 29.6 Å². The number of nitrogens with one attached hydrogen (secondary N) is 2. The van der Waals surface area contributed by atoms with Gasteiger partial charge in [0.1, 0.15) is 12.0 Å². The lowest BCUT2D eigenvalue weighted by molar-refractivity contribution is -0.118. The van der Waals surface area contributed by atoms with E-state index in [-0.39, 0.29) is 18.4 Å². The van der Waals surface area contributed by atoms with Crippen molar-refractivity contribution >= 4 is 50.6 Å². The molecule has 5 heterocycles. The monoisotopic (exact) mass is 594 g/mol. The van der Waals surface area contributed by atoms with Crippen LogP contribution >= 0.6 is 22.9 Å². The summed E-state index contributed by atoms with van der Waals surface area (Å²) in [5, 5.41) is 13.8. The van der Waals surface area contributed by atoms with Crippen LogP contribution in [0.25, 0.3) is 22.0 Å². The van der Waals surface area contributed by atoms with Gasteiger partial charge >= 0.3 is 0 Å². The molecule has 2 aliphatic heterocycles. The van der Waals surface area contributed by atoms with E-state index in [9.17, 15) is 9.18 Å². The highest BCUT2D eigenvalue weighted by Gasteiger charge is 2.34. The van der Waals surface area contributed by atoms with E-state index in [0.29, 0.717) is 32.6 Å². The number of hydrogen-bond acceptors (Lipinski definition) is 7. The topological polar surface area (TPSA) is 92.9 Å². The molecule has 13 heteroatoms. The Morgan fingerprint density at radius 3 is 2.80 bits per heavy atom. The molecule has 7 rings (SSSR count). The molecule has 5 aromatic rings. The molecule has 3 aromatic heterocycles. The number of hydrogen-bond donors (Lipinski definition) is 2. The molecule has 210 valence electrons. The number of piperazine rings is 1. The Balaban J connectivity index is 1.26. The molecule has 1 amide bonds. The van der Waals surface area contributed by atoms with Gasteiger partial charge in [0, 0.05) is 56.1 Å². The molecule has 2 atom stereocenters. The maximum absolute atomic E-state index is 15.5. The number of anilines is 2. The lowest BCUT2D eigenvalue weighted by Crippen LogP contribution is -2.43. The van der Waals surface area contributed by atoms with Crippen LogP contribution in [0.5, 0.6) is 0 Å². The summed E-state index contributed by atoms with van der Waals surface area (Å²) in [4.78, 5) is 24.4. The summed E-state index contributed by atoms with van der Waals surface area (Å²) in [7, 11) is 0. The van der Waals surface area contributed by atoms with Crippen LogP contribution in [-0.4, -0.2) is 62.6 Å². The van der Waals surface area contributed by atoms with Gasteiger partial charge in [-0.1, -0.05) is 17.7 Å². The van der Waals surface area contributed by atoms with Gasteiger partial charge in [0.15, 0.2) is 11.2 Å². The molecule has 41 heavy (non-hydrogen) atoms. The fraction of sp³-hybridized carbons (Fsp3) is 0.286. The van der Waals surface area contributed by atoms with Crippen molar-refractivity contribution in [1.29, 1.82) is 0 Å². The number of benzene rings is 2. The van der Waals surface area contributed by atoms with Gasteiger partial charge in [0.25, 0.3) is 5.91 Å². The fourth-order valence-electron chi connectivity index (χ4n) is 5.59. The average Bonchev–Trinajstić information content (AvgIpc) is 3.76. The molecule has 1 fully saturated rings. The SMILES string of the molecule is O=C(Nc1nccs1)C(c1ncn2c1C[C@@H](F)C2)n1cc2c(F)cc(-c3ccc(N4CCNCC4)c(Cl)c3)cc2n1. The Hall–Kier alpha value is -3.87. The summed E-state index contributed by atoms with van der Waals surface area (Å²) < 4.78 is 32.9. The number of nitrogens with zero attached hydrogens (tertiary/aromatic N) is 6. The summed E-state index contributed by atoms with van der Waals surface area (Å²) in [6.07, 6.45) is 3.69. The Kier molecular flexibility index (Phi) is 6.68. The number of alkyl halides is 1. The van der Waals surface area contributed by atoms with Gasteiger partial charge in [-0.25, -0.2) is 18.7 Å². The summed E-state index contributed by atoms with van der Waals surface area (Å²) in [5.74, 6) is -0.934. The van der Waals surface area contributed by atoms with Crippen LogP contribution in [-0.2, 0) is 17.8 Å². The van der Waals surface area contributed by atoms with E-state index in [4.69, 9.17) is 11.6 Å². The van der Waals surface area contributed by atoms with E-state index >= 15 is 4.39 Å². The predicted octanol–water partition coefficient (Wildman–Crippen LogP) is 4.68. The molecule has 0 bridgehead atoms. The minimum absolute atomic E-state index is 0.139. The zero-order chi connectivity index (χ0) is 28.1. The number of rotatable bonds is 6. The number of imidazole rings is 1. The fourth-order valence-corrected chi connectivity index (χ4v) is 6.43. The molecule has 1 unspecified atom stereocenters. The van der Waals surface area contributed by atoms with E-state index in [1.165, 1.54) is 34.6 Å². The Bertz CT molecular complexity index is 1750.